The monoisotopic (exact) mass is 255 g/mol. The molecule has 0 saturated heterocycles. The predicted octanol–water partition coefficient (Wildman–Crippen LogP) is 1.83. The standard InChI is InChI=1S/C7H7Cl2NO3S/c1-13-10-14(11,12)7-4-5(8)2-3-6(7)9/h2-4,10H,1H3. The first-order chi connectivity index (χ1) is 6.47. The average Bonchev–Trinajstić information content (AvgIpc) is 2.09. The van der Waals surface area contributed by atoms with Crippen molar-refractivity contribution in [1.82, 2.24) is 4.89 Å². The van der Waals surface area contributed by atoms with Crippen LogP contribution < -0.4 is 4.89 Å². The second kappa shape index (κ2) is 4.46. The highest BCUT2D eigenvalue weighted by Gasteiger charge is 2.17. The molecule has 1 N–H and O–H groups in total. The summed E-state index contributed by atoms with van der Waals surface area (Å²) in [6.07, 6.45) is 0. The normalized spacial score (nSPS) is 11.6. The lowest BCUT2D eigenvalue weighted by molar-refractivity contribution is 0.153. The van der Waals surface area contributed by atoms with E-state index in [0.717, 1.165) is 0 Å². The van der Waals surface area contributed by atoms with Gasteiger partial charge in [-0.1, -0.05) is 28.1 Å². The van der Waals surface area contributed by atoms with Crippen molar-refractivity contribution >= 4 is 33.2 Å². The Morgan fingerprint density at radius 1 is 1.36 bits per heavy atom. The van der Waals surface area contributed by atoms with Crippen molar-refractivity contribution in [3.63, 3.8) is 0 Å². The highest BCUT2D eigenvalue weighted by atomic mass is 35.5. The fourth-order valence-electron chi connectivity index (χ4n) is 0.838. The Bertz CT molecular complexity index is 433. The lowest BCUT2D eigenvalue weighted by Gasteiger charge is -2.06. The minimum atomic E-state index is -3.75. The lowest BCUT2D eigenvalue weighted by Crippen LogP contribution is -2.22. The van der Waals surface area contributed by atoms with E-state index in [1.54, 1.807) is 0 Å². The van der Waals surface area contributed by atoms with Gasteiger partial charge in [-0.05, 0) is 18.2 Å². The van der Waals surface area contributed by atoms with E-state index < -0.39 is 10.0 Å². The first-order valence-corrected chi connectivity index (χ1v) is 5.71. The number of hydrogen-bond donors (Lipinski definition) is 1. The lowest BCUT2D eigenvalue weighted by atomic mass is 10.4. The van der Waals surface area contributed by atoms with Crippen LogP contribution in [0.2, 0.25) is 10.0 Å². The molecular weight excluding hydrogens is 249 g/mol. The van der Waals surface area contributed by atoms with Gasteiger partial charge in [-0.15, -0.1) is 0 Å². The molecule has 0 heterocycles. The Morgan fingerprint density at radius 3 is 2.57 bits per heavy atom. The Morgan fingerprint density at radius 2 is 2.00 bits per heavy atom. The maximum Gasteiger partial charge on any atom is 0.263 e. The molecule has 0 radical (unpaired) electrons. The van der Waals surface area contributed by atoms with Crippen LogP contribution in [0.4, 0.5) is 0 Å². The summed E-state index contributed by atoms with van der Waals surface area (Å²) in [5.74, 6) is 0. The quantitative estimate of drug-likeness (QED) is 0.839. The number of hydrogen-bond acceptors (Lipinski definition) is 3. The van der Waals surface area contributed by atoms with Crippen LogP contribution in [-0.4, -0.2) is 15.5 Å². The summed E-state index contributed by atoms with van der Waals surface area (Å²) in [5, 5.41) is 0.366. The van der Waals surface area contributed by atoms with E-state index in [-0.39, 0.29) is 14.9 Å². The molecule has 0 unspecified atom stereocenters. The summed E-state index contributed by atoms with van der Waals surface area (Å²) in [5.41, 5.74) is 0. The maximum absolute atomic E-state index is 11.4. The van der Waals surface area contributed by atoms with Crippen molar-refractivity contribution in [3.8, 4) is 0 Å². The second-order valence-corrected chi connectivity index (χ2v) is 4.82. The molecule has 4 nitrogen and oxygen atoms in total. The van der Waals surface area contributed by atoms with Gasteiger partial charge in [0.2, 0.25) is 0 Å². The van der Waals surface area contributed by atoms with E-state index in [2.05, 4.69) is 4.84 Å². The number of benzene rings is 1. The van der Waals surface area contributed by atoms with Crippen LogP contribution in [0.3, 0.4) is 0 Å². The molecule has 78 valence electrons. The SMILES string of the molecule is CONS(=O)(=O)c1cc(Cl)ccc1Cl. The molecule has 0 aliphatic rings. The molecule has 0 aliphatic heterocycles. The number of halogens is 2. The molecule has 0 amide bonds. The van der Waals surface area contributed by atoms with Crippen molar-refractivity contribution in [3.05, 3.63) is 28.2 Å². The minimum Gasteiger partial charge on any atom is -0.290 e. The van der Waals surface area contributed by atoms with Crippen molar-refractivity contribution in [1.29, 1.82) is 0 Å². The van der Waals surface area contributed by atoms with Crippen LogP contribution in [0.5, 0.6) is 0 Å². The van der Waals surface area contributed by atoms with Crippen molar-refractivity contribution < 1.29 is 13.3 Å². The molecule has 0 saturated carbocycles. The third-order valence-electron chi connectivity index (χ3n) is 1.38. The smallest absolute Gasteiger partial charge is 0.263 e. The predicted molar refractivity (Wildman–Crippen MR) is 53.8 cm³/mol. The largest absolute Gasteiger partial charge is 0.290 e. The summed E-state index contributed by atoms with van der Waals surface area (Å²) < 4.78 is 22.9. The third-order valence-corrected chi connectivity index (χ3v) is 3.36. The van der Waals surface area contributed by atoms with Crippen molar-refractivity contribution in [2.45, 2.75) is 4.90 Å². The Kier molecular flexibility index (Phi) is 3.74. The zero-order chi connectivity index (χ0) is 10.8. The minimum absolute atomic E-state index is 0.0824. The van der Waals surface area contributed by atoms with Gasteiger partial charge in [0.15, 0.2) is 0 Å². The maximum atomic E-state index is 11.4. The first kappa shape index (κ1) is 11.7. The van der Waals surface area contributed by atoms with Crippen molar-refractivity contribution in [2.24, 2.45) is 0 Å². The fourth-order valence-corrected chi connectivity index (χ4v) is 2.41. The molecule has 7 heteroatoms. The number of sulfonamides is 1. The van der Waals surface area contributed by atoms with Crippen LogP contribution in [0.15, 0.2) is 23.1 Å². The highest BCUT2D eigenvalue weighted by Crippen LogP contribution is 2.24. The molecule has 0 atom stereocenters. The number of nitrogens with one attached hydrogen (secondary N) is 1. The molecule has 14 heavy (non-hydrogen) atoms. The fraction of sp³-hybridized carbons (Fsp3) is 0.143. The highest BCUT2D eigenvalue weighted by molar-refractivity contribution is 7.89. The van der Waals surface area contributed by atoms with Crippen LogP contribution >= 0.6 is 23.2 Å². The van der Waals surface area contributed by atoms with E-state index in [1.807, 2.05) is 4.89 Å². The zero-order valence-corrected chi connectivity index (χ0v) is 9.45. The van der Waals surface area contributed by atoms with Crippen molar-refractivity contribution in [2.75, 3.05) is 7.11 Å². The van der Waals surface area contributed by atoms with Crippen LogP contribution in [0, 0.1) is 0 Å². The first-order valence-electron chi connectivity index (χ1n) is 3.47. The molecule has 0 bridgehead atoms. The number of rotatable bonds is 3. The molecule has 0 aromatic heterocycles. The van der Waals surface area contributed by atoms with Gasteiger partial charge in [0.1, 0.15) is 4.90 Å². The topological polar surface area (TPSA) is 55.4 Å². The van der Waals surface area contributed by atoms with Crippen LogP contribution in [-0.2, 0) is 14.9 Å². The van der Waals surface area contributed by atoms with Gasteiger partial charge in [-0.2, -0.15) is 0 Å². The summed E-state index contributed by atoms with van der Waals surface area (Å²) in [6.45, 7) is 0. The molecule has 1 aromatic rings. The van der Waals surface area contributed by atoms with Gasteiger partial charge in [0, 0.05) is 5.02 Å². The molecule has 1 rings (SSSR count). The van der Waals surface area contributed by atoms with Crippen LogP contribution in [0.1, 0.15) is 0 Å². The molecular formula is C7H7Cl2NO3S. The molecule has 0 fully saturated rings. The van der Waals surface area contributed by atoms with Gasteiger partial charge in [-0.25, -0.2) is 8.42 Å². The van der Waals surface area contributed by atoms with Gasteiger partial charge in [0.05, 0.1) is 12.1 Å². The van der Waals surface area contributed by atoms with Crippen LogP contribution in [0.25, 0.3) is 0 Å². The van der Waals surface area contributed by atoms with Gasteiger partial charge >= 0.3 is 0 Å². The van der Waals surface area contributed by atoms with Gasteiger partial charge in [0.25, 0.3) is 10.0 Å². The summed E-state index contributed by atoms with van der Waals surface area (Å²) >= 11 is 11.3. The second-order valence-electron chi connectivity index (χ2n) is 2.37. The summed E-state index contributed by atoms with van der Waals surface area (Å²) in [4.78, 5) is 6.03. The van der Waals surface area contributed by atoms with E-state index in [1.165, 1.54) is 25.3 Å². The summed E-state index contributed by atoms with van der Waals surface area (Å²) in [7, 11) is -2.56. The van der Waals surface area contributed by atoms with E-state index in [4.69, 9.17) is 23.2 Å². The Labute approximate surface area is 91.8 Å². The zero-order valence-electron chi connectivity index (χ0n) is 7.12. The van der Waals surface area contributed by atoms with E-state index in [9.17, 15) is 8.42 Å². The molecule has 0 aliphatic carbocycles. The third kappa shape index (κ3) is 2.59. The van der Waals surface area contributed by atoms with E-state index in [0.29, 0.717) is 0 Å². The molecule has 1 aromatic carbocycles. The Balaban J connectivity index is 3.25. The summed E-state index contributed by atoms with van der Waals surface area (Å²) in [6, 6.07) is 4.13. The average molecular weight is 256 g/mol. The van der Waals surface area contributed by atoms with Gasteiger partial charge < -0.3 is 0 Å². The van der Waals surface area contributed by atoms with Gasteiger partial charge in [-0.3, -0.25) is 4.84 Å². The van der Waals surface area contributed by atoms with E-state index >= 15 is 0 Å². The molecule has 0 spiro atoms. The Hall–Kier alpha value is -0.330.